The fourth-order valence-electron chi connectivity index (χ4n) is 2.74. The number of nitrogens with zero attached hydrogens (tertiary/aromatic N) is 2. The van der Waals surface area contributed by atoms with E-state index in [1.807, 2.05) is 51.1 Å². The number of thiazole rings is 1. The topological polar surface area (TPSA) is 79.8 Å². The second-order valence-electron chi connectivity index (χ2n) is 6.56. The maximum atomic E-state index is 12.9. The highest BCUT2D eigenvalue weighted by Crippen LogP contribution is 2.21. The number of rotatable bonds is 5. The largest absolute Gasteiger partial charge is 0.349 e. The fraction of sp³-hybridized carbons (Fsp3) is 0.316. The molecule has 0 saturated heterocycles. The minimum Gasteiger partial charge on any atom is -0.349 e. The van der Waals surface area contributed by atoms with E-state index >= 15 is 0 Å². The molecule has 0 unspecified atom stereocenters. The lowest BCUT2D eigenvalue weighted by atomic mass is 10.1. The quantitative estimate of drug-likeness (QED) is 0.725. The van der Waals surface area contributed by atoms with Gasteiger partial charge in [0, 0.05) is 23.7 Å². The molecule has 6 nitrogen and oxygen atoms in total. The molecule has 2 heterocycles. The molecule has 2 aromatic heterocycles. The summed E-state index contributed by atoms with van der Waals surface area (Å²) >= 11 is 1.21. The Morgan fingerprint density at radius 1 is 1.27 bits per heavy atom. The van der Waals surface area contributed by atoms with E-state index in [1.165, 1.54) is 16.0 Å². The molecule has 3 aromatic rings. The maximum absolute atomic E-state index is 12.9. The third-order valence-electron chi connectivity index (χ3n) is 4.02. The van der Waals surface area contributed by atoms with Crippen LogP contribution in [0, 0.1) is 13.8 Å². The molecule has 0 bridgehead atoms. The lowest BCUT2D eigenvalue weighted by Crippen LogP contribution is -2.29. The normalized spacial score (nSPS) is 11.1. The van der Waals surface area contributed by atoms with Gasteiger partial charge in [0.05, 0.1) is 5.69 Å². The lowest BCUT2D eigenvalue weighted by Gasteiger charge is -2.06. The Hall–Kier alpha value is -2.67. The molecular weight excluding hydrogens is 348 g/mol. The van der Waals surface area contributed by atoms with Gasteiger partial charge in [-0.15, -0.1) is 0 Å². The SMILES string of the molecule is Cc1nc(-n2[nH]c(C)c(Cc3ccccc3)c2=O)sc1C(=O)NC(C)C. The van der Waals surface area contributed by atoms with Crippen LogP contribution in [0.3, 0.4) is 0 Å². The Kier molecular flexibility index (Phi) is 5.08. The van der Waals surface area contributed by atoms with Crippen molar-refractivity contribution in [1.29, 1.82) is 0 Å². The van der Waals surface area contributed by atoms with Crippen LogP contribution in [0.25, 0.3) is 5.13 Å². The van der Waals surface area contributed by atoms with E-state index in [2.05, 4.69) is 15.4 Å². The number of carbonyl (C=O) groups is 1. The zero-order valence-electron chi connectivity index (χ0n) is 15.3. The van der Waals surface area contributed by atoms with Crippen molar-refractivity contribution >= 4 is 17.2 Å². The Bertz CT molecular complexity index is 983. The van der Waals surface area contributed by atoms with Crippen molar-refractivity contribution in [3.05, 3.63) is 68.1 Å². The van der Waals surface area contributed by atoms with Crippen LogP contribution in [0.15, 0.2) is 35.1 Å². The first-order valence-electron chi connectivity index (χ1n) is 8.50. The molecule has 0 spiro atoms. The van der Waals surface area contributed by atoms with Crippen molar-refractivity contribution in [3.8, 4) is 5.13 Å². The molecule has 3 rings (SSSR count). The highest BCUT2D eigenvalue weighted by Gasteiger charge is 2.20. The third kappa shape index (κ3) is 3.62. The van der Waals surface area contributed by atoms with Crippen LogP contribution in [0.2, 0.25) is 0 Å². The van der Waals surface area contributed by atoms with Gasteiger partial charge >= 0.3 is 0 Å². The number of hydrogen-bond acceptors (Lipinski definition) is 4. The number of hydrogen-bond donors (Lipinski definition) is 2. The Morgan fingerprint density at radius 2 is 1.96 bits per heavy atom. The van der Waals surface area contributed by atoms with Gasteiger partial charge in [0.15, 0.2) is 0 Å². The van der Waals surface area contributed by atoms with Gasteiger partial charge in [-0.2, -0.15) is 4.68 Å². The van der Waals surface area contributed by atoms with Gasteiger partial charge in [-0.05, 0) is 33.3 Å². The summed E-state index contributed by atoms with van der Waals surface area (Å²) in [5.41, 5.74) is 3.08. The van der Waals surface area contributed by atoms with Gasteiger partial charge in [0.1, 0.15) is 4.88 Å². The Morgan fingerprint density at radius 3 is 2.62 bits per heavy atom. The van der Waals surface area contributed by atoms with Gasteiger partial charge in [-0.3, -0.25) is 14.7 Å². The van der Waals surface area contributed by atoms with E-state index in [1.54, 1.807) is 6.92 Å². The summed E-state index contributed by atoms with van der Waals surface area (Å²) < 4.78 is 1.43. The van der Waals surface area contributed by atoms with Crippen molar-refractivity contribution in [2.75, 3.05) is 0 Å². The Balaban J connectivity index is 1.95. The summed E-state index contributed by atoms with van der Waals surface area (Å²) in [4.78, 5) is 30.1. The molecular formula is C19H22N4O2S. The maximum Gasteiger partial charge on any atom is 0.277 e. The minimum absolute atomic E-state index is 0.0420. The molecule has 2 N–H and O–H groups in total. The summed E-state index contributed by atoms with van der Waals surface area (Å²) in [6.45, 7) is 7.47. The number of aromatic nitrogens is 3. The van der Waals surface area contributed by atoms with E-state index in [4.69, 9.17) is 0 Å². The van der Waals surface area contributed by atoms with E-state index in [0.29, 0.717) is 27.7 Å². The van der Waals surface area contributed by atoms with Crippen LogP contribution in [0.4, 0.5) is 0 Å². The number of aryl methyl sites for hydroxylation is 2. The van der Waals surface area contributed by atoms with Crippen molar-refractivity contribution in [1.82, 2.24) is 20.1 Å². The number of benzene rings is 1. The van der Waals surface area contributed by atoms with Crippen LogP contribution >= 0.6 is 11.3 Å². The Labute approximate surface area is 155 Å². The van der Waals surface area contributed by atoms with Gasteiger partial charge in [-0.1, -0.05) is 41.7 Å². The van der Waals surface area contributed by atoms with E-state index < -0.39 is 0 Å². The highest BCUT2D eigenvalue weighted by atomic mass is 32.1. The standard InChI is InChI=1S/C19H22N4O2S/c1-11(2)20-17(24)16-13(4)21-19(26-16)23-18(25)15(12(3)22-23)10-14-8-6-5-7-9-14/h5-9,11,22H,10H2,1-4H3,(H,20,24). The summed E-state index contributed by atoms with van der Waals surface area (Å²) in [6.07, 6.45) is 0.556. The lowest BCUT2D eigenvalue weighted by molar-refractivity contribution is 0.0946. The predicted molar refractivity (Wildman–Crippen MR) is 103 cm³/mol. The summed E-state index contributed by atoms with van der Waals surface area (Å²) in [7, 11) is 0. The van der Waals surface area contributed by atoms with E-state index in [0.717, 1.165) is 11.3 Å². The van der Waals surface area contributed by atoms with Gasteiger partial charge in [0.25, 0.3) is 11.5 Å². The molecule has 0 aliphatic heterocycles. The van der Waals surface area contributed by atoms with Crippen LogP contribution in [-0.2, 0) is 6.42 Å². The van der Waals surface area contributed by atoms with Crippen LogP contribution in [0.5, 0.6) is 0 Å². The van der Waals surface area contributed by atoms with Crippen LogP contribution in [0.1, 0.15) is 46.0 Å². The molecule has 0 aliphatic rings. The van der Waals surface area contributed by atoms with Gasteiger partial charge in [-0.25, -0.2) is 4.98 Å². The number of H-pyrrole nitrogens is 1. The zero-order chi connectivity index (χ0) is 18.8. The number of carbonyl (C=O) groups excluding carboxylic acids is 1. The molecule has 0 saturated carbocycles. The molecule has 0 fully saturated rings. The van der Waals surface area contributed by atoms with Crippen LogP contribution in [-0.4, -0.2) is 26.7 Å². The monoisotopic (exact) mass is 370 g/mol. The third-order valence-corrected chi connectivity index (χ3v) is 5.16. The number of nitrogens with one attached hydrogen (secondary N) is 2. The first-order valence-corrected chi connectivity index (χ1v) is 9.31. The zero-order valence-corrected chi connectivity index (χ0v) is 16.1. The van der Waals surface area contributed by atoms with E-state index in [-0.39, 0.29) is 17.5 Å². The van der Waals surface area contributed by atoms with Gasteiger partial charge in [0.2, 0.25) is 5.13 Å². The van der Waals surface area contributed by atoms with Crippen molar-refractivity contribution in [3.63, 3.8) is 0 Å². The second kappa shape index (κ2) is 7.29. The van der Waals surface area contributed by atoms with Crippen LogP contribution < -0.4 is 10.9 Å². The predicted octanol–water partition coefficient (Wildman–Crippen LogP) is 2.97. The molecule has 7 heteroatoms. The first-order chi connectivity index (χ1) is 12.4. The van der Waals surface area contributed by atoms with Crippen molar-refractivity contribution < 1.29 is 4.79 Å². The highest BCUT2D eigenvalue weighted by molar-refractivity contribution is 7.16. The van der Waals surface area contributed by atoms with Crippen molar-refractivity contribution in [2.24, 2.45) is 0 Å². The average molecular weight is 370 g/mol. The summed E-state index contributed by atoms with van der Waals surface area (Å²) in [5.74, 6) is -0.165. The summed E-state index contributed by atoms with van der Waals surface area (Å²) in [6, 6.07) is 9.91. The number of aromatic amines is 1. The minimum atomic E-state index is -0.165. The van der Waals surface area contributed by atoms with E-state index in [9.17, 15) is 9.59 Å². The molecule has 136 valence electrons. The van der Waals surface area contributed by atoms with Gasteiger partial charge < -0.3 is 5.32 Å². The van der Waals surface area contributed by atoms with Crippen molar-refractivity contribution in [2.45, 2.75) is 40.2 Å². The molecule has 0 radical (unpaired) electrons. The molecule has 1 amide bonds. The fourth-order valence-corrected chi connectivity index (χ4v) is 3.67. The molecule has 0 atom stereocenters. The molecule has 26 heavy (non-hydrogen) atoms. The number of amides is 1. The smallest absolute Gasteiger partial charge is 0.277 e. The molecule has 0 aliphatic carbocycles. The molecule has 1 aromatic carbocycles. The average Bonchev–Trinajstić information content (AvgIpc) is 3.10. The first kappa shape index (κ1) is 18.1. The summed E-state index contributed by atoms with van der Waals surface area (Å²) in [5, 5.41) is 6.43. The second-order valence-corrected chi connectivity index (χ2v) is 7.53.